The monoisotopic (exact) mass is 623 g/mol. The molecule has 1 aromatic carbocycles. The van der Waals surface area contributed by atoms with Crippen molar-refractivity contribution < 1.29 is 23.6 Å². The molecule has 3 fully saturated rings. The topological polar surface area (TPSA) is 129 Å². The number of hydrogen-bond donors (Lipinski definition) is 3. The normalized spacial score (nSPS) is 19.8. The van der Waals surface area contributed by atoms with E-state index in [0.29, 0.717) is 24.3 Å². The Morgan fingerprint density at radius 1 is 0.978 bits per heavy atom. The Hall–Kier alpha value is -3.80. The van der Waals surface area contributed by atoms with Crippen molar-refractivity contribution in [3.63, 3.8) is 0 Å². The van der Waals surface area contributed by atoms with Crippen LogP contribution in [0.15, 0.2) is 30.5 Å². The molecule has 1 aromatic heterocycles. The van der Waals surface area contributed by atoms with Crippen LogP contribution in [0.4, 0.5) is 10.1 Å². The van der Waals surface area contributed by atoms with Gasteiger partial charge in [0.05, 0.1) is 11.7 Å². The highest BCUT2D eigenvalue weighted by molar-refractivity contribution is 6.00. The molecular weight excluding hydrogens is 577 g/mol. The van der Waals surface area contributed by atoms with Crippen molar-refractivity contribution in [1.29, 1.82) is 0 Å². The summed E-state index contributed by atoms with van der Waals surface area (Å²) < 4.78 is 17.3. The van der Waals surface area contributed by atoms with Gasteiger partial charge < -0.3 is 25.8 Å². The van der Waals surface area contributed by atoms with Gasteiger partial charge >= 0.3 is 0 Å². The number of likely N-dealkylation sites (N-methyl/N-ethyl adjacent to an activating group) is 1. The minimum atomic E-state index is -0.851. The molecule has 1 aliphatic heterocycles. The number of aromatic nitrogens is 2. The number of benzene rings is 1. The van der Waals surface area contributed by atoms with Crippen molar-refractivity contribution in [2.75, 3.05) is 38.5 Å². The molecule has 0 bridgehead atoms. The largest absolute Gasteiger partial charge is 0.344 e. The van der Waals surface area contributed by atoms with Crippen LogP contribution in [0.5, 0.6) is 0 Å². The van der Waals surface area contributed by atoms with Crippen molar-refractivity contribution in [2.45, 2.75) is 89.3 Å². The Balaban J connectivity index is 1.31. The Morgan fingerprint density at radius 2 is 1.69 bits per heavy atom. The van der Waals surface area contributed by atoms with Gasteiger partial charge in [-0.2, -0.15) is 5.10 Å². The van der Waals surface area contributed by atoms with Crippen LogP contribution in [-0.2, 0) is 14.4 Å². The summed E-state index contributed by atoms with van der Waals surface area (Å²) in [7, 11) is 2.00. The number of carbonyl (C=O) groups excluding carboxylic acids is 4. The smallest absolute Gasteiger partial charge is 0.270 e. The summed E-state index contributed by atoms with van der Waals surface area (Å²) in [4.78, 5) is 56.8. The Bertz CT molecular complexity index is 1380. The molecule has 244 valence electrons. The molecule has 0 radical (unpaired) electrons. The third-order valence-electron chi connectivity index (χ3n) is 9.48. The molecule has 3 atom stereocenters. The maximum absolute atomic E-state index is 15.6. The molecule has 2 aromatic rings. The molecule has 2 aliphatic carbocycles. The SMILES string of the molecule is CCC(=O)N[C@@H](C(=O)N1CCN(C)CC1)[C@@H](C)c1ccc(NC(=O)[C@@H](NC(=O)c2ccnn2C2CC2)C2CCCCC2)c(F)c1. The van der Waals surface area contributed by atoms with Crippen LogP contribution in [0, 0.1) is 11.7 Å². The highest BCUT2D eigenvalue weighted by Crippen LogP contribution is 2.35. The fourth-order valence-electron chi connectivity index (χ4n) is 6.40. The Morgan fingerprint density at radius 3 is 2.33 bits per heavy atom. The van der Waals surface area contributed by atoms with Gasteiger partial charge in [-0.25, -0.2) is 4.39 Å². The Labute approximate surface area is 264 Å². The zero-order valence-corrected chi connectivity index (χ0v) is 26.6. The van der Waals surface area contributed by atoms with E-state index < -0.39 is 29.7 Å². The van der Waals surface area contributed by atoms with Crippen LogP contribution in [0.2, 0.25) is 0 Å². The standard InChI is InChI=1S/C33H46FN7O4/c1-4-28(42)37-29(33(45)40-18-16-39(3)17-19-40)21(2)23-10-13-26(25(34)20-23)36-32(44)30(22-8-6-5-7-9-22)38-31(43)27-14-15-35-41(27)24-11-12-24/h10,13-15,20-22,24,29-30H,4-9,11-12,16-19H2,1-3H3,(H,36,44)(H,37,42)(H,38,43)/t21-,29+,30-/m0/s1. The van der Waals surface area contributed by atoms with Gasteiger partial charge in [-0.05, 0) is 62.4 Å². The van der Waals surface area contributed by atoms with E-state index in [4.69, 9.17) is 0 Å². The summed E-state index contributed by atoms with van der Waals surface area (Å²) >= 11 is 0. The lowest BCUT2D eigenvalue weighted by Gasteiger charge is -2.36. The van der Waals surface area contributed by atoms with Crippen molar-refractivity contribution in [3.05, 3.63) is 47.5 Å². The molecule has 3 N–H and O–H groups in total. The predicted octanol–water partition coefficient (Wildman–Crippen LogP) is 3.45. The molecule has 0 spiro atoms. The van der Waals surface area contributed by atoms with E-state index in [1.54, 1.807) is 41.8 Å². The minimum absolute atomic E-state index is 0.00595. The van der Waals surface area contributed by atoms with E-state index in [9.17, 15) is 19.2 Å². The maximum Gasteiger partial charge on any atom is 0.270 e. The fourth-order valence-corrected chi connectivity index (χ4v) is 6.40. The summed E-state index contributed by atoms with van der Waals surface area (Å²) in [5, 5.41) is 12.8. The van der Waals surface area contributed by atoms with Crippen LogP contribution in [-0.4, -0.2) is 88.5 Å². The van der Waals surface area contributed by atoms with Crippen molar-refractivity contribution >= 4 is 29.3 Å². The van der Waals surface area contributed by atoms with Crippen molar-refractivity contribution in [2.24, 2.45) is 5.92 Å². The average molecular weight is 624 g/mol. The van der Waals surface area contributed by atoms with Crippen LogP contribution in [0.25, 0.3) is 0 Å². The Kier molecular flexibility index (Phi) is 10.5. The van der Waals surface area contributed by atoms with Crippen LogP contribution < -0.4 is 16.0 Å². The number of anilines is 1. The van der Waals surface area contributed by atoms with E-state index in [-0.39, 0.29) is 41.8 Å². The van der Waals surface area contributed by atoms with Gasteiger partial charge in [0.25, 0.3) is 5.91 Å². The average Bonchev–Trinajstić information content (AvgIpc) is 3.78. The third kappa shape index (κ3) is 7.89. The fraction of sp³-hybridized carbons (Fsp3) is 0.606. The molecule has 11 nitrogen and oxygen atoms in total. The number of amides is 4. The molecule has 2 saturated carbocycles. The molecule has 45 heavy (non-hydrogen) atoms. The highest BCUT2D eigenvalue weighted by Gasteiger charge is 2.35. The number of hydrogen-bond acceptors (Lipinski definition) is 6. The number of halogens is 1. The van der Waals surface area contributed by atoms with E-state index in [1.807, 2.05) is 7.05 Å². The van der Waals surface area contributed by atoms with Gasteiger partial charge in [0.2, 0.25) is 17.7 Å². The van der Waals surface area contributed by atoms with Gasteiger partial charge in [-0.1, -0.05) is 39.2 Å². The van der Waals surface area contributed by atoms with Crippen molar-refractivity contribution in [3.8, 4) is 0 Å². The third-order valence-corrected chi connectivity index (χ3v) is 9.48. The lowest BCUT2D eigenvalue weighted by atomic mass is 9.83. The first kappa shape index (κ1) is 32.6. The second-order valence-electron chi connectivity index (χ2n) is 12.8. The van der Waals surface area contributed by atoms with E-state index in [2.05, 4.69) is 25.9 Å². The molecule has 3 aliphatic rings. The van der Waals surface area contributed by atoms with Gasteiger partial charge in [0.1, 0.15) is 23.6 Å². The summed E-state index contributed by atoms with van der Waals surface area (Å²) in [6, 6.07) is 4.67. The van der Waals surface area contributed by atoms with E-state index in [0.717, 1.165) is 58.0 Å². The summed E-state index contributed by atoms with van der Waals surface area (Å²) in [5.74, 6) is -2.51. The number of carbonyl (C=O) groups is 4. The minimum Gasteiger partial charge on any atom is -0.344 e. The van der Waals surface area contributed by atoms with E-state index in [1.165, 1.54) is 12.1 Å². The quantitative estimate of drug-likeness (QED) is 0.352. The van der Waals surface area contributed by atoms with Crippen LogP contribution >= 0.6 is 0 Å². The molecule has 0 unspecified atom stereocenters. The molecule has 2 heterocycles. The number of rotatable bonds is 11. The first-order valence-corrected chi connectivity index (χ1v) is 16.4. The van der Waals surface area contributed by atoms with E-state index >= 15 is 4.39 Å². The zero-order valence-electron chi connectivity index (χ0n) is 26.6. The van der Waals surface area contributed by atoms with Gasteiger partial charge in [0, 0.05) is 44.7 Å². The van der Waals surface area contributed by atoms with Gasteiger partial charge in [-0.15, -0.1) is 0 Å². The number of nitrogens with zero attached hydrogens (tertiary/aromatic N) is 4. The second kappa shape index (κ2) is 14.5. The van der Waals surface area contributed by atoms with Gasteiger partial charge in [0.15, 0.2) is 0 Å². The molecule has 12 heteroatoms. The highest BCUT2D eigenvalue weighted by atomic mass is 19.1. The summed E-state index contributed by atoms with van der Waals surface area (Å²) in [6.07, 6.45) is 8.37. The molecule has 5 rings (SSSR count). The first-order chi connectivity index (χ1) is 21.7. The molecule has 4 amide bonds. The number of nitrogens with one attached hydrogen (secondary N) is 3. The predicted molar refractivity (Wildman–Crippen MR) is 168 cm³/mol. The molecule has 1 saturated heterocycles. The second-order valence-corrected chi connectivity index (χ2v) is 12.8. The van der Waals surface area contributed by atoms with Gasteiger partial charge in [-0.3, -0.25) is 23.9 Å². The lowest BCUT2D eigenvalue weighted by molar-refractivity contribution is -0.138. The summed E-state index contributed by atoms with van der Waals surface area (Å²) in [5.41, 5.74) is 0.944. The molecular formula is C33H46FN7O4. The zero-order chi connectivity index (χ0) is 32.1. The number of piperazine rings is 1. The first-order valence-electron chi connectivity index (χ1n) is 16.4. The lowest BCUT2D eigenvalue weighted by Crippen LogP contribution is -2.55. The van der Waals surface area contributed by atoms with Crippen molar-refractivity contribution in [1.82, 2.24) is 30.2 Å². The van der Waals surface area contributed by atoms with Crippen LogP contribution in [0.3, 0.4) is 0 Å². The maximum atomic E-state index is 15.6. The van der Waals surface area contributed by atoms with Crippen LogP contribution in [0.1, 0.15) is 93.2 Å². The summed E-state index contributed by atoms with van der Waals surface area (Å²) in [6.45, 7) is 6.11.